The van der Waals surface area contributed by atoms with Crippen LogP contribution < -0.4 is 20.1 Å². The first kappa shape index (κ1) is 17.1. The number of hydrogen-bond acceptors (Lipinski definition) is 4. The van der Waals surface area contributed by atoms with Gasteiger partial charge < -0.3 is 20.1 Å². The van der Waals surface area contributed by atoms with Crippen LogP contribution in [0.25, 0.3) is 0 Å². The number of benzene rings is 2. The number of nitrogens with one attached hydrogen (secondary N) is 2. The number of rotatable bonds is 5. The van der Waals surface area contributed by atoms with Gasteiger partial charge in [0.1, 0.15) is 17.6 Å². The van der Waals surface area contributed by atoms with E-state index in [1.54, 1.807) is 0 Å². The molecule has 0 amide bonds. The van der Waals surface area contributed by atoms with E-state index in [9.17, 15) is 0 Å². The van der Waals surface area contributed by atoms with Gasteiger partial charge in [-0.15, -0.1) is 0 Å². The Kier molecular flexibility index (Phi) is 4.22. The highest BCUT2D eigenvalue weighted by Crippen LogP contribution is 2.41. The normalized spacial score (nSPS) is 22.2. The summed E-state index contributed by atoms with van der Waals surface area (Å²) in [6.07, 6.45) is 1.18. The fourth-order valence-electron chi connectivity index (χ4n) is 3.95. The lowest BCUT2D eigenvalue weighted by Crippen LogP contribution is -2.20. The molecule has 0 saturated carbocycles. The van der Waals surface area contributed by atoms with Gasteiger partial charge in [-0.05, 0) is 12.1 Å². The van der Waals surface area contributed by atoms with Gasteiger partial charge in [0.2, 0.25) is 0 Å². The lowest BCUT2D eigenvalue weighted by Gasteiger charge is -2.17. The summed E-state index contributed by atoms with van der Waals surface area (Å²) in [7, 11) is 1.93. The van der Waals surface area contributed by atoms with Crippen molar-refractivity contribution in [1.82, 2.24) is 0 Å². The number of ether oxygens (including phenoxy) is 2. The molecule has 2 unspecified atom stereocenters. The Morgan fingerprint density at radius 1 is 1.08 bits per heavy atom. The molecular formula is C22H28N2O2. The smallest absolute Gasteiger partial charge is 0.125 e. The van der Waals surface area contributed by atoms with Gasteiger partial charge in [-0.2, -0.15) is 0 Å². The number of fused-ring (bicyclic) bond motifs is 2. The summed E-state index contributed by atoms with van der Waals surface area (Å²) in [5.74, 6) is 2.45. The Morgan fingerprint density at radius 3 is 2.65 bits per heavy atom. The second kappa shape index (κ2) is 6.42. The predicted octanol–water partition coefficient (Wildman–Crippen LogP) is 4.77. The van der Waals surface area contributed by atoms with Crippen molar-refractivity contribution in [1.29, 1.82) is 0 Å². The third kappa shape index (κ3) is 2.98. The second-order valence-corrected chi connectivity index (χ2v) is 8.05. The number of hydrogen-bond donors (Lipinski definition) is 2. The van der Waals surface area contributed by atoms with Crippen LogP contribution in [0.3, 0.4) is 0 Å². The van der Waals surface area contributed by atoms with E-state index in [1.807, 2.05) is 7.05 Å². The van der Waals surface area contributed by atoms with Gasteiger partial charge >= 0.3 is 0 Å². The molecule has 2 heterocycles. The van der Waals surface area contributed by atoms with Gasteiger partial charge in [0, 0.05) is 66.0 Å². The highest BCUT2D eigenvalue weighted by Gasteiger charge is 2.32. The summed E-state index contributed by atoms with van der Waals surface area (Å²) < 4.78 is 12.0. The Labute approximate surface area is 155 Å². The first-order valence-electron chi connectivity index (χ1n) is 9.47. The molecule has 4 heteroatoms. The molecule has 0 spiro atoms. The fraction of sp³-hybridized carbons (Fsp3) is 0.455. The van der Waals surface area contributed by atoms with E-state index in [1.165, 1.54) is 11.1 Å². The van der Waals surface area contributed by atoms with E-state index < -0.39 is 0 Å². The Hall–Kier alpha value is -2.36. The average molecular weight is 352 g/mol. The van der Waals surface area contributed by atoms with Crippen LogP contribution in [-0.2, 0) is 5.41 Å². The minimum absolute atomic E-state index is 0.110. The van der Waals surface area contributed by atoms with Crippen molar-refractivity contribution >= 4 is 11.4 Å². The molecule has 2 N–H and O–H groups in total. The van der Waals surface area contributed by atoms with Gasteiger partial charge in [0.15, 0.2) is 0 Å². The van der Waals surface area contributed by atoms with Gasteiger partial charge in [-0.1, -0.05) is 32.9 Å². The second-order valence-electron chi connectivity index (χ2n) is 8.05. The third-order valence-electron chi connectivity index (χ3n) is 5.69. The average Bonchev–Trinajstić information content (AvgIpc) is 3.11. The summed E-state index contributed by atoms with van der Waals surface area (Å²) in [5, 5.41) is 6.70. The van der Waals surface area contributed by atoms with Gasteiger partial charge in [-0.3, -0.25) is 0 Å². The third-order valence-corrected chi connectivity index (χ3v) is 5.69. The van der Waals surface area contributed by atoms with Crippen LogP contribution in [0.5, 0.6) is 11.5 Å². The first-order valence-corrected chi connectivity index (χ1v) is 9.47. The van der Waals surface area contributed by atoms with Crippen LogP contribution >= 0.6 is 0 Å². The van der Waals surface area contributed by atoms with E-state index in [0.717, 1.165) is 42.4 Å². The predicted molar refractivity (Wildman–Crippen MR) is 107 cm³/mol. The van der Waals surface area contributed by atoms with Gasteiger partial charge in [0.05, 0.1) is 6.61 Å². The molecule has 138 valence electrons. The highest BCUT2D eigenvalue weighted by molar-refractivity contribution is 5.56. The van der Waals surface area contributed by atoms with E-state index >= 15 is 0 Å². The largest absolute Gasteiger partial charge is 0.492 e. The van der Waals surface area contributed by atoms with Gasteiger partial charge in [0.25, 0.3) is 0 Å². The molecule has 4 rings (SSSR count). The maximum atomic E-state index is 6.20. The van der Waals surface area contributed by atoms with Crippen LogP contribution in [0.2, 0.25) is 0 Å². The molecule has 26 heavy (non-hydrogen) atoms. The minimum atomic E-state index is 0.110. The van der Waals surface area contributed by atoms with Crippen LogP contribution in [-0.4, -0.2) is 26.3 Å². The zero-order chi connectivity index (χ0) is 18.3. The molecule has 4 nitrogen and oxygen atoms in total. The summed E-state index contributed by atoms with van der Waals surface area (Å²) in [6.45, 7) is 8.33. The summed E-state index contributed by atoms with van der Waals surface area (Å²) in [6, 6.07) is 12.9. The molecule has 0 saturated heterocycles. The van der Waals surface area contributed by atoms with E-state index in [-0.39, 0.29) is 11.5 Å². The SMILES string of the molecule is CNc1ccc2c(c1)OC(CCNc1ccc3c(c1)OCC3(C)C)C2C. The molecule has 2 aliphatic rings. The first-order chi connectivity index (χ1) is 12.5. The van der Waals surface area contributed by atoms with Crippen LogP contribution in [0.15, 0.2) is 36.4 Å². The van der Waals surface area contributed by atoms with Crippen LogP contribution in [0.1, 0.15) is 44.2 Å². The quantitative estimate of drug-likeness (QED) is 0.814. The number of anilines is 2. The zero-order valence-corrected chi connectivity index (χ0v) is 16.1. The fourth-order valence-corrected chi connectivity index (χ4v) is 3.95. The molecule has 0 aliphatic carbocycles. The van der Waals surface area contributed by atoms with Crippen LogP contribution in [0.4, 0.5) is 11.4 Å². The summed E-state index contributed by atoms with van der Waals surface area (Å²) in [5.41, 5.74) is 4.92. The Morgan fingerprint density at radius 2 is 1.85 bits per heavy atom. The molecule has 0 aromatic heterocycles. The van der Waals surface area contributed by atoms with Crippen molar-refractivity contribution in [3.05, 3.63) is 47.5 Å². The molecule has 2 aromatic rings. The van der Waals surface area contributed by atoms with Gasteiger partial charge in [-0.25, -0.2) is 0 Å². The topological polar surface area (TPSA) is 42.5 Å². The van der Waals surface area contributed by atoms with E-state index in [0.29, 0.717) is 5.92 Å². The summed E-state index contributed by atoms with van der Waals surface area (Å²) >= 11 is 0. The standard InChI is InChI=1S/C22H28N2O2/c1-14-17-7-5-15(23-4)11-20(17)26-19(14)9-10-24-16-6-8-18-21(12-16)25-13-22(18,2)3/h5-8,11-12,14,19,23-24H,9-10,13H2,1-4H3. The molecule has 2 atom stereocenters. The summed E-state index contributed by atoms with van der Waals surface area (Å²) in [4.78, 5) is 0. The maximum absolute atomic E-state index is 6.20. The van der Waals surface area contributed by atoms with E-state index in [4.69, 9.17) is 9.47 Å². The van der Waals surface area contributed by atoms with Crippen molar-refractivity contribution in [2.24, 2.45) is 0 Å². The van der Waals surface area contributed by atoms with Crippen molar-refractivity contribution in [2.75, 3.05) is 30.8 Å². The monoisotopic (exact) mass is 352 g/mol. The Bertz CT molecular complexity index is 816. The zero-order valence-electron chi connectivity index (χ0n) is 16.1. The maximum Gasteiger partial charge on any atom is 0.125 e. The van der Waals surface area contributed by atoms with Crippen molar-refractivity contribution in [3.63, 3.8) is 0 Å². The molecule has 0 radical (unpaired) electrons. The lowest BCUT2D eigenvalue weighted by molar-refractivity contribution is 0.204. The molecule has 2 aromatic carbocycles. The van der Waals surface area contributed by atoms with E-state index in [2.05, 4.69) is 67.8 Å². The van der Waals surface area contributed by atoms with Crippen molar-refractivity contribution in [3.8, 4) is 11.5 Å². The van der Waals surface area contributed by atoms with Crippen molar-refractivity contribution < 1.29 is 9.47 Å². The Balaban J connectivity index is 1.36. The minimum Gasteiger partial charge on any atom is -0.492 e. The van der Waals surface area contributed by atoms with Crippen LogP contribution in [0, 0.1) is 0 Å². The molecule has 2 aliphatic heterocycles. The molecule has 0 fully saturated rings. The molecular weight excluding hydrogens is 324 g/mol. The lowest BCUT2D eigenvalue weighted by atomic mass is 9.87. The molecule has 0 bridgehead atoms. The van der Waals surface area contributed by atoms with Crippen molar-refractivity contribution in [2.45, 2.75) is 44.6 Å². The highest BCUT2D eigenvalue weighted by atomic mass is 16.5.